The van der Waals surface area contributed by atoms with Crippen molar-refractivity contribution in [3.63, 3.8) is 0 Å². The van der Waals surface area contributed by atoms with E-state index in [0.717, 1.165) is 11.1 Å². The van der Waals surface area contributed by atoms with Gasteiger partial charge in [-0.3, -0.25) is 19.3 Å². The zero-order chi connectivity index (χ0) is 28.1. The maximum atomic E-state index is 14.0. The average Bonchev–Trinajstić information content (AvgIpc) is 3.36. The van der Waals surface area contributed by atoms with Crippen LogP contribution in [0.15, 0.2) is 84.9 Å². The van der Waals surface area contributed by atoms with Crippen molar-refractivity contribution in [3.8, 4) is 5.75 Å². The molecule has 0 aliphatic carbocycles. The van der Waals surface area contributed by atoms with E-state index in [9.17, 15) is 14.4 Å². The number of benzene rings is 3. The van der Waals surface area contributed by atoms with Crippen molar-refractivity contribution in [2.24, 2.45) is 0 Å². The molecular weight excluding hydrogens is 506 g/mol. The van der Waals surface area contributed by atoms with Crippen LogP contribution in [0.5, 0.6) is 5.75 Å². The molecule has 2 fully saturated rings. The molecule has 2 aliphatic heterocycles. The molecular formula is C32H35N3O5. The predicted octanol–water partition coefficient (Wildman–Crippen LogP) is 3.98. The first-order chi connectivity index (χ1) is 19.4. The van der Waals surface area contributed by atoms with Gasteiger partial charge in [-0.25, -0.2) is 0 Å². The van der Waals surface area contributed by atoms with Crippen LogP contribution in [0.25, 0.3) is 0 Å². The molecule has 5 rings (SSSR count). The summed E-state index contributed by atoms with van der Waals surface area (Å²) in [6.07, 6.45) is 1.17. The van der Waals surface area contributed by atoms with E-state index in [-0.39, 0.29) is 30.4 Å². The van der Waals surface area contributed by atoms with Crippen LogP contribution in [0.4, 0.5) is 0 Å². The molecule has 0 aromatic heterocycles. The molecule has 0 bridgehead atoms. The molecule has 2 heterocycles. The Morgan fingerprint density at radius 2 is 1.57 bits per heavy atom. The third-order valence-electron chi connectivity index (χ3n) is 7.87. The minimum Gasteiger partial charge on any atom is -0.497 e. The molecule has 0 unspecified atom stereocenters. The number of hydrogen-bond acceptors (Lipinski definition) is 5. The lowest BCUT2D eigenvalue weighted by Crippen LogP contribution is -2.60. The van der Waals surface area contributed by atoms with Crippen molar-refractivity contribution in [2.75, 3.05) is 26.8 Å². The van der Waals surface area contributed by atoms with Crippen LogP contribution in [0, 0.1) is 0 Å². The molecule has 2 aliphatic rings. The second kappa shape index (κ2) is 11.9. The van der Waals surface area contributed by atoms with Crippen LogP contribution >= 0.6 is 0 Å². The van der Waals surface area contributed by atoms with Gasteiger partial charge in [-0.15, -0.1) is 0 Å². The van der Waals surface area contributed by atoms with E-state index < -0.39 is 11.8 Å². The van der Waals surface area contributed by atoms with Crippen LogP contribution in [-0.4, -0.2) is 66.1 Å². The molecule has 8 heteroatoms. The number of likely N-dealkylation sites (tertiary alicyclic amines) is 1. The van der Waals surface area contributed by atoms with E-state index in [2.05, 4.69) is 5.32 Å². The van der Waals surface area contributed by atoms with Gasteiger partial charge in [-0.1, -0.05) is 60.7 Å². The lowest BCUT2D eigenvalue weighted by Gasteiger charge is -2.44. The summed E-state index contributed by atoms with van der Waals surface area (Å²) in [5.41, 5.74) is 1.41. The summed E-state index contributed by atoms with van der Waals surface area (Å²) in [6.45, 7) is 2.89. The number of methoxy groups -OCH3 is 1. The molecule has 0 radical (unpaired) electrons. The van der Waals surface area contributed by atoms with Gasteiger partial charge < -0.3 is 19.7 Å². The first kappa shape index (κ1) is 27.4. The normalized spacial score (nSPS) is 18.8. The number of carbonyl (C=O) groups is 3. The van der Waals surface area contributed by atoms with E-state index in [1.165, 1.54) is 0 Å². The van der Waals surface area contributed by atoms with Gasteiger partial charge in [-0.05, 0) is 42.3 Å². The van der Waals surface area contributed by atoms with Crippen LogP contribution in [-0.2, 0) is 20.7 Å². The topological polar surface area (TPSA) is 88.2 Å². The van der Waals surface area contributed by atoms with Crippen molar-refractivity contribution >= 4 is 17.7 Å². The highest BCUT2D eigenvalue weighted by molar-refractivity contribution is 5.98. The lowest BCUT2D eigenvalue weighted by molar-refractivity contribution is -0.143. The third-order valence-corrected chi connectivity index (χ3v) is 7.87. The first-order valence-electron chi connectivity index (χ1n) is 13.7. The van der Waals surface area contributed by atoms with Crippen molar-refractivity contribution in [1.29, 1.82) is 0 Å². The predicted molar refractivity (Wildman–Crippen MR) is 151 cm³/mol. The second-order valence-corrected chi connectivity index (χ2v) is 10.4. The van der Waals surface area contributed by atoms with Gasteiger partial charge in [0.15, 0.2) is 0 Å². The van der Waals surface area contributed by atoms with Gasteiger partial charge in [0, 0.05) is 31.5 Å². The van der Waals surface area contributed by atoms with Gasteiger partial charge >= 0.3 is 0 Å². The summed E-state index contributed by atoms with van der Waals surface area (Å²) in [5.74, 6) is 0.132. The van der Waals surface area contributed by atoms with E-state index >= 15 is 0 Å². The number of nitrogens with one attached hydrogen (secondary N) is 1. The summed E-state index contributed by atoms with van der Waals surface area (Å²) in [4.78, 5) is 44.1. The maximum absolute atomic E-state index is 14.0. The fraction of sp³-hybridized carbons (Fsp3) is 0.344. The third kappa shape index (κ3) is 5.72. The fourth-order valence-corrected chi connectivity index (χ4v) is 5.56. The van der Waals surface area contributed by atoms with Crippen LogP contribution in [0.3, 0.4) is 0 Å². The Morgan fingerprint density at radius 3 is 2.20 bits per heavy atom. The van der Waals surface area contributed by atoms with Gasteiger partial charge in [0.2, 0.25) is 11.8 Å². The number of rotatable bonds is 7. The molecule has 40 heavy (non-hydrogen) atoms. The van der Waals surface area contributed by atoms with Gasteiger partial charge in [0.05, 0.1) is 26.2 Å². The molecule has 3 aromatic carbocycles. The Kier molecular flexibility index (Phi) is 8.16. The van der Waals surface area contributed by atoms with Crippen molar-refractivity contribution in [3.05, 3.63) is 102 Å². The summed E-state index contributed by atoms with van der Waals surface area (Å²) in [5, 5.41) is 3.07. The zero-order valence-electron chi connectivity index (χ0n) is 22.9. The maximum Gasteiger partial charge on any atom is 0.256 e. The highest BCUT2D eigenvalue weighted by Crippen LogP contribution is 2.39. The summed E-state index contributed by atoms with van der Waals surface area (Å²) in [7, 11) is 1.57. The molecule has 1 N–H and O–H groups in total. The van der Waals surface area contributed by atoms with E-state index in [1.807, 2.05) is 72.5 Å². The van der Waals surface area contributed by atoms with Crippen molar-refractivity contribution in [2.45, 2.75) is 44.0 Å². The average molecular weight is 542 g/mol. The van der Waals surface area contributed by atoms with Gasteiger partial charge in [0.25, 0.3) is 5.91 Å². The second-order valence-electron chi connectivity index (χ2n) is 10.4. The number of piperidine rings is 1. The smallest absolute Gasteiger partial charge is 0.256 e. The number of carbonyl (C=O) groups excluding carboxylic acids is 3. The lowest BCUT2D eigenvalue weighted by atomic mass is 9.96. The Bertz CT molecular complexity index is 1320. The largest absolute Gasteiger partial charge is 0.497 e. The highest BCUT2D eigenvalue weighted by Gasteiger charge is 2.54. The molecule has 3 amide bonds. The van der Waals surface area contributed by atoms with Crippen molar-refractivity contribution < 1.29 is 23.9 Å². The molecule has 8 nitrogen and oxygen atoms in total. The number of hydrogen-bond donors (Lipinski definition) is 1. The zero-order valence-corrected chi connectivity index (χ0v) is 22.9. The Hall–Kier alpha value is -4.17. The Labute approximate surface area is 234 Å². The minimum absolute atomic E-state index is 0.0399. The van der Waals surface area contributed by atoms with Crippen LogP contribution in [0.2, 0.25) is 0 Å². The standard InChI is InChI=1S/C32H35N3O5/c1-23(25-11-7-4-8-12-25)33-30(37)28-22-40-32(35(28)31(38)26-13-15-27(39-2)16-14-26)17-19-34(20-18-32)29(36)21-24-9-5-3-6-10-24/h3-16,23,28H,17-22H2,1-2H3,(H,33,37)/t23-,28-/m1/s1. The molecule has 0 saturated carbocycles. The SMILES string of the molecule is COc1ccc(C(=O)N2[C@@H](C(=O)N[C@H](C)c3ccccc3)COC23CCN(C(=O)Cc2ccccc2)CC3)cc1. The van der Waals surface area contributed by atoms with Crippen LogP contribution < -0.4 is 10.1 Å². The van der Waals surface area contributed by atoms with E-state index in [1.54, 1.807) is 36.3 Å². The van der Waals surface area contributed by atoms with Gasteiger partial charge in [-0.2, -0.15) is 0 Å². The molecule has 3 aromatic rings. The van der Waals surface area contributed by atoms with Crippen molar-refractivity contribution in [1.82, 2.24) is 15.1 Å². The first-order valence-corrected chi connectivity index (χ1v) is 13.7. The van der Waals surface area contributed by atoms with Gasteiger partial charge in [0.1, 0.15) is 17.5 Å². The summed E-state index contributed by atoms with van der Waals surface area (Å²) < 4.78 is 11.6. The minimum atomic E-state index is -0.974. The summed E-state index contributed by atoms with van der Waals surface area (Å²) in [6, 6.07) is 25.2. The number of amides is 3. The number of nitrogens with zero attached hydrogens (tertiary/aromatic N) is 2. The number of ether oxygens (including phenoxy) is 2. The highest BCUT2D eigenvalue weighted by atomic mass is 16.5. The Morgan fingerprint density at radius 1 is 0.950 bits per heavy atom. The molecule has 2 atom stereocenters. The molecule has 2 saturated heterocycles. The quantitative estimate of drug-likeness (QED) is 0.489. The van der Waals surface area contributed by atoms with Crippen LogP contribution in [0.1, 0.15) is 47.3 Å². The van der Waals surface area contributed by atoms with E-state index in [0.29, 0.717) is 43.7 Å². The Balaban J connectivity index is 1.35. The summed E-state index contributed by atoms with van der Waals surface area (Å²) >= 11 is 0. The molecule has 208 valence electrons. The monoisotopic (exact) mass is 541 g/mol. The molecule has 1 spiro atoms. The fourth-order valence-electron chi connectivity index (χ4n) is 5.56. The van der Waals surface area contributed by atoms with E-state index in [4.69, 9.17) is 9.47 Å².